The smallest absolute Gasteiger partial charge is 0.0306 e. The second kappa shape index (κ2) is 4.30. The highest BCUT2D eigenvalue weighted by Gasteiger charge is 2.27. The fourth-order valence-electron chi connectivity index (χ4n) is 2.77. The van der Waals surface area contributed by atoms with Gasteiger partial charge in [0.05, 0.1) is 0 Å². The van der Waals surface area contributed by atoms with Crippen LogP contribution >= 0.6 is 0 Å². The molecular weight excluding hydrogens is 208 g/mol. The van der Waals surface area contributed by atoms with E-state index in [1.165, 1.54) is 16.7 Å². The zero-order valence-electron chi connectivity index (χ0n) is 9.71. The predicted octanol–water partition coefficient (Wildman–Crippen LogP) is 2.49. The van der Waals surface area contributed by atoms with E-state index in [1.807, 2.05) is 18.5 Å². The third-order valence-corrected chi connectivity index (χ3v) is 3.61. The second-order valence-electron chi connectivity index (χ2n) is 4.67. The van der Waals surface area contributed by atoms with E-state index in [-0.39, 0.29) is 6.04 Å². The molecule has 0 saturated heterocycles. The Morgan fingerprint density at radius 2 is 2.00 bits per heavy atom. The SMILES string of the molecule is NC1CCc2ccccc2C1c1cccnc1. The van der Waals surface area contributed by atoms with Crippen molar-refractivity contribution >= 4 is 0 Å². The van der Waals surface area contributed by atoms with E-state index >= 15 is 0 Å². The zero-order chi connectivity index (χ0) is 11.7. The Balaban J connectivity index is 2.10. The number of benzene rings is 1. The van der Waals surface area contributed by atoms with Crippen molar-refractivity contribution < 1.29 is 0 Å². The van der Waals surface area contributed by atoms with Crippen molar-refractivity contribution in [3.05, 3.63) is 65.5 Å². The number of rotatable bonds is 1. The Hall–Kier alpha value is -1.67. The van der Waals surface area contributed by atoms with Gasteiger partial charge >= 0.3 is 0 Å². The van der Waals surface area contributed by atoms with Gasteiger partial charge in [-0.1, -0.05) is 30.3 Å². The number of fused-ring (bicyclic) bond motifs is 1. The Morgan fingerprint density at radius 3 is 2.82 bits per heavy atom. The summed E-state index contributed by atoms with van der Waals surface area (Å²) in [4.78, 5) is 4.21. The summed E-state index contributed by atoms with van der Waals surface area (Å²) in [5, 5.41) is 0. The largest absolute Gasteiger partial charge is 0.327 e. The number of hydrogen-bond donors (Lipinski definition) is 1. The molecule has 1 aromatic heterocycles. The normalized spacial score (nSPS) is 23.1. The van der Waals surface area contributed by atoms with Crippen LogP contribution in [0.1, 0.15) is 29.0 Å². The monoisotopic (exact) mass is 224 g/mol. The van der Waals surface area contributed by atoms with Gasteiger partial charge in [0, 0.05) is 24.4 Å². The summed E-state index contributed by atoms with van der Waals surface area (Å²) < 4.78 is 0. The average molecular weight is 224 g/mol. The first-order chi connectivity index (χ1) is 8.36. The Morgan fingerprint density at radius 1 is 1.12 bits per heavy atom. The molecule has 2 aromatic rings. The molecule has 17 heavy (non-hydrogen) atoms. The third kappa shape index (κ3) is 1.85. The lowest BCUT2D eigenvalue weighted by molar-refractivity contribution is 0.517. The summed E-state index contributed by atoms with van der Waals surface area (Å²) in [7, 11) is 0. The molecule has 2 unspecified atom stereocenters. The quantitative estimate of drug-likeness (QED) is 0.808. The van der Waals surface area contributed by atoms with Crippen molar-refractivity contribution in [3.63, 3.8) is 0 Å². The molecule has 0 amide bonds. The Labute approximate surface area is 102 Å². The highest BCUT2D eigenvalue weighted by Crippen LogP contribution is 2.35. The van der Waals surface area contributed by atoms with Crippen LogP contribution in [0.15, 0.2) is 48.8 Å². The van der Waals surface area contributed by atoms with E-state index in [9.17, 15) is 0 Å². The van der Waals surface area contributed by atoms with Gasteiger partial charge in [0.1, 0.15) is 0 Å². The van der Waals surface area contributed by atoms with Gasteiger partial charge in [-0.05, 0) is 35.6 Å². The molecule has 1 heterocycles. The van der Waals surface area contributed by atoms with Crippen LogP contribution in [0.5, 0.6) is 0 Å². The maximum Gasteiger partial charge on any atom is 0.0306 e. The van der Waals surface area contributed by atoms with Gasteiger partial charge < -0.3 is 5.73 Å². The fraction of sp³-hybridized carbons (Fsp3) is 0.267. The zero-order valence-corrected chi connectivity index (χ0v) is 9.71. The minimum atomic E-state index is 0.203. The van der Waals surface area contributed by atoms with Crippen LogP contribution in [0.2, 0.25) is 0 Å². The molecule has 0 fully saturated rings. The lowest BCUT2D eigenvalue weighted by atomic mass is 9.76. The topological polar surface area (TPSA) is 38.9 Å². The minimum Gasteiger partial charge on any atom is -0.327 e. The summed E-state index contributed by atoms with van der Waals surface area (Å²) in [6, 6.07) is 12.9. The molecule has 0 saturated carbocycles. The standard InChI is InChI=1S/C15H16N2/c16-14-8-7-11-4-1-2-6-13(11)15(14)12-5-3-9-17-10-12/h1-6,9-10,14-15H,7-8,16H2. The number of hydrogen-bond acceptors (Lipinski definition) is 2. The first-order valence-electron chi connectivity index (χ1n) is 6.09. The first kappa shape index (κ1) is 10.5. The highest BCUT2D eigenvalue weighted by molar-refractivity contribution is 5.40. The van der Waals surface area contributed by atoms with Crippen LogP contribution in [0.3, 0.4) is 0 Å². The molecule has 1 aliphatic rings. The summed E-state index contributed by atoms with van der Waals surface area (Å²) >= 11 is 0. The van der Waals surface area contributed by atoms with E-state index in [4.69, 9.17) is 5.73 Å². The van der Waals surface area contributed by atoms with E-state index in [1.54, 1.807) is 0 Å². The Kier molecular flexibility index (Phi) is 2.65. The third-order valence-electron chi connectivity index (χ3n) is 3.61. The predicted molar refractivity (Wildman–Crippen MR) is 68.8 cm³/mol. The summed E-state index contributed by atoms with van der Waals surface area (Å²) in [5.74, 6) is 0.300. The van der Waals surface area contributed by atoms with Gasteiger partial charge in [-0.2, -0.15) is 0 Å². The number of nitrogens with zero attached hydrogens (tertiary/aromatic N) is 1. The van der Waals surface area contributed by atoms with Crippen LogP contribution in [0.4, 0.5) is 0 Å². The number of pyridine rings is 1. The molecule has 2 N–H and O–H groups in total. The maximum atomic E-state index is 6.30. The first-order valence-corrected chi connectivity index (χ1v) is 6.09. The van der Waals surface area contributed by atoms with Crippen molar-refractivity contribution in [2.24, 2.45) is 5.73 Å². The molecule has 0 radical (unpaired) electrons. The van der Waals surface area contributed by atoms with Crippen molar-refractivity contribution in [3.8, 4) is 0 Å². The summed E-state index contributed by atoms with van der Waals surface area (Å²) in [6.45, 7) is 0. The molecule has 2 heteroatoms. The highest BCUT2D eigenvalue weighted by atomic mass is 14.7. The molecule has 0 bridgehead atoms. The molecule has 0 aliphatic heterocycles. The van der Waals surface area contributed by atoms with Crippen LogP contribution in [-0.4, -0.2) is 11.0 Å². The molecule has 1 aromatic carbocycles. The number of aryl methyl sites for hydroxylation is 1. The maximum absolute atomic E-state index is 6.30. The molecule has 2 atom stereocenters. The molecule has 1 aliphatic carbocycles. The summed E-state index contributed by atoms with van der Waals surface area (Å²) in [6.07, 6.45) is 5.89. The van der Waals surface area contributed by atoms with Gasteiger partial charge in [-0.25, -0.2) is 0 Å². The summed E-state index contributed by atoms with van der Waals surface area (Å²) in [5.41, 5.74) is 10.3. The van der Waals surface area contributed by atoms with Gasteiger partial charge in [-0.15, -0.1) is 0 Å². The average Bonchev–Trinajstić information content (AvgIpc) is 2.39. The fourth-order valence-corrected chi connectivity index (χ4v) is 2.77. The van der Waals surface area contributed by atoms with Crippen molar-refractivity contribution in [1.82, 2.24) is 4.98 Å². The van der Waals surface area contributed by atoms with Crippen LogP contribution in [0.25, 0.3) is 0 Å². The minimum absolute atomic E-state index is 0.203. The molecular formula is C15H16N2. The van der Waals surface area contributed by atoms with Gasteiger partial charge in [0.2, 0.25) is 0 Å². The number of nitrogens with two attached hydrogens (primary N) is 1. The number of aromatic nitrogens is 1. The van der Waals surface area contributed by atoms with Crippen LogP contribution < -0.4 is 5.73 Å². The van der Waals surface area contributed by atoms with Crippen LogP contribution in [-0.2, 0) is 6.42 Å². The van der Waals surface area contributed by atoms with E-state index < -0.39 is 0 Å². The van der Waals surface area contributed by atoms with Gasteiger partial charge in [0.25, 0.3) is 0 Å². The van der Waals surface area contributed by atoms with Crippen LogP contribution in [0, 0.1) is 0 Å². The van der Waals surface area contributed by atoms with Crippen molar-refractivity contribution in [2.75, 3.05) is 0 Å². The molecule has 86 valence electrons. The van der Waals surface area contributed by atoms with Crippen molar-refractivity contribution in [2.45, 2.75) is 24.8 Å². The van der Waals surface area contributed by atoms with E-state index in [0.29, 0.717) is 5.92 Å². The molecule has 2 nitrogen and oxygen atoms in total. The van der Waals surface area contributed by atoms with E-state index in [0.717, 1.165) is 12.8 Å². The van der Waals surface area contributed by atoms with Gasteiger partial charge in [-0.3, -0.25) is 4.98 Å². The molecule has 3 rings (SSSR count). The Bertz CT molecular complexity index is 507. The van der Waals surface area contributed by atoms with Gasteiger partial charge in [0.15, 0.2) is 0 Å². The lowest BCUT2D eigenvalue weighted by Crippen LogP contribution is -2.33. The lowest BCUT2D eigenvalue weighted by Gasteiger charge is -2.31. The van der Waals surface area contributed by atoms with Crippen molar-refractivity contribution in [1.29, 1.82) is 0 Å². The van der Waals surface area contributed by atoms with E-state index in [2.05, 4.69) is 35.3 Å². The molecule has 0 spiro atoms. The second-order valence-corrected chi connectivity index (χ2v) is 4.67.